The van der Waals surface area contributed by atoms with Crippen LogP contribution in [0.2, 0.25) is 0 Å². The number of hydrogen-bond donors (Lipinski definition) is 1. The first-order valence-corrected chi connectivity index (χ1v) is 10.2. The Morgan fingerprint density at radius 1 is 1.31 bits per heavy atom. The van der Waals surface area contributed by atoms with Crippen molar-refractivity contribution in [1.82, 2.24) is 29.5 Å². The molecule has 3 aromatic rings. The van der Waals surface area contributed by atoms with Crippen molar-refractivity contribution in [3.63, 3.8) is 0 Å². The quantitative estimate of drug-likeness (QED) is 0.718. The van der Waals surface area contributed by atoms with Crippen LogP contribution in [0.25, 0.3) is 5.78 Å². The molecule has 29 heavy (non-hydrogen) atoms. The van der Waals surface area contributed by atoms with Gasteiger partial charge >= 0.3 is 0 Å². The van der Waals surface area contributed by atoms with Crippen LogP contribution in [-0.4, -0.2) is 49.7 Å². The predicted molar refractivity (Wildman–Crippen MR) is 112 cm³/mol. The maximum absolute atomic E-state index is 12.7. The third kappa shape index (κ3) is 3.47. The van der Waals surface area contributed by atoms with Gasteiger partial charge in [-0.1, -0.05) is 6.92 Å². The van der Waals surface area contributed by atoms with Crippen LogP contribution in [0.3, 0.4) is 0 Å². The molecule has 1 saturated heterocycles. The van der Waals surface area contributed by atoms with Crippen molar-refractivity contribution < 1.29 is 4.79 Å². The highest BCUT2D eigenvalue weighted by Gasteiger charge is 2.32. The molecule has 1 amide bonds. The van der Waals surface area contributed by atoms with Gasteiger partial charge in [0.15, 0.2) is 0 Å². The summed E-state index contributed by atoms with van der Waals surface area (Å²) in [6, 6.07) is 4.06. The van der Waals surface area contributed by atoms with Crippen molar-refractivity contribution in [3.05, 3.63) is 41.6 Å². The van der Waals surface area contributed by atoms with Gasteiger partial charge in [0, 0.05) is 43.1 Å². The van der Waals surface area contributed by atoms with E-state index in [2.05, 4.69) is 53.0 Å². The van der Waals surface area contributed by atoms with Gasteiger partial charge in [0.2, 0.25) is 0 Å². The summed E-state index contributed by atoms with van der Waals surface area (Å²) in [5.41, 5.74) is 2.81. The minimum atomic E-state index is -0.0102. The van der Waals surface area contributed by atoms with Crippen LogP contribution in [0.15, 0.2) is 24.7 Å². The van der Waals surface area contributed by atoms with Crippen LogP contribution >= 0.6 is 0 Å². The Labute approximate surface area is 170 Å². The second kappa shape index (κ2) is 7.50. The van der Waals surface area contributed by atoms with E-state index in [9.17, 15) is 4.79 Å². The van der Waals surface area contributed by atoms with Crippen molar-refractivity contribution in [2.45, 2.75) is 40.7 Å². The first-order chi connectivity index (χ1) is 13.9. The van der Waals surface area contributed by atoms with Crippen LogP contribution in [0.1, 0.15) is 48.6 Å². The monoisotopic (exact) mass is 395 g/mol. The van der Waals surface area contributed by atoms with E-state index in [0.29, 0.717) is 29.9 Å². The topological polar surface area (TPSA) is 80.3 Å². The third-order valence-electron chi connectivity index (χ3n) is 6.04. The standard InChI is InChI=1S/C21H29N7O/c1-13(2)27-8-6-7-18(27)19(29)22-9-17-11-26(10-14(17)3)20-15(4)16(5)25-21-23-12-24-28(20)21/h6-8,12-14,17H,9-11H2,1-5H3,(H,22,29)/t14-,17-/m1/s1. The number of nitrogens with one attached hydrogen (secondary N) is 1. The van der Waals surface area contributed by atoms with Gasteiger partial charge in [-0.05, 0) is 51.7 Å². The summed E-state index contributed by atoms with van der Waals surface area (Å²) in [6.07, 6.45) is 3.50. The van der Waals surface area contributed by atoms with E-state index >= 15 is 0 Å². The van der Waals surface area contributed by atoms with Gasteiger partial charge < -0.3 is 14.8 Å². The molecule has 0 aliphatic carbocycles. The van der Waals surface area contributed by atoms with Crippen LogP contribution < -0.4 is 10.2 Å². The van der Waals surface area contributed by atoms with Crippen molar-refractivity contribution in [3.8, 4) is 0 Å². The molecule has 0 unspecified atom stereocenters. The minimum absolute atomic E-state index is 0.0102. The molecular weight excluding hydrogens is 366 g/mol. The number of aryl methyl sites for hydroxylation is 1. The Kier molecular flexibility index (Phi) is 5.02. The lowest BCUT2D eigenvalue weighted by molar-refractivity contribution is 0.0935. The maximum atomic E-state index is 12.7. The predicted octanol–water partition coefficient (Wildman–Crippen LogP) is 2.63. The van der Waals surface area contributed by atoms with Gasteiger partial charge in [-0.15, -0.1) is 0 Å². The van der Waals surface area contributed by atoms with E-state index < -0.39 is 0 Å². The molecule has 8 nitrogen and oxygen atoms in total. The number of carbonyl (C=O) groups excluding carboxylic acids is 1. The Hall–Kier alpha value is -2.90. The van der Waals surface area contributed by atoms with Gasteiger partial charge in [-0.25, -0.2) is 4.98 Å². The first kappa shape index (κ1) is 19.4. The lowest BCUT2D eigenvalue weighted by Crippen LogP contribution is -2.34. The smallest absolute Gasteiger partial charge is 0.267 e. The second-order valence-electron chi connectivity index (χ2n) is 8.36. The lowest BCUT2D eigenvalue weighted by atomic mass is 9.98. The number of anilines is 1. The minimum Gasteiger partial charge on any atom is -0.356 e. The molecule has 1 aliphatic rings. The molecule has 0 radical (unpaired) electrons. The van der Waals surface area contributed by atoms with Crippen LogP contribution in [0.4, 0.5) is 5.82 Å². The molecule has 1 fully saturated rings. The van der Waals surface area contributed by atoms with Crippen LogP contribution in [0.5, 0.6) is 0 Å². The van der Waals surface area contributed by atoms with Crippen molar-refractivity contribution in [1.29, 1.82) is 0 Å². The molecule has 1 N–H and O–H groups in total. The van der Waals surface area contributed by atoms with E-state index in [0.717, 1.165) is 30.2 Å². The molecule has 0 aromatic carbocycles. The average molecular weight is 396 g/mol. The number of rotatable bonds is 5. The van der Waals surface area contributed by atoms with E-state index in [1.165, 1.54) is 0 Å². The fourth-order valence-electron chi connectivity index (χ4n) is 4.21. The zero-order chi connectivity index (χ0) is 20.7. The summed E-state index contributed by atoms with van der Waals surface area (Å²) < 4.78 is 3.83. The Balaban J connectivity index is 1.49. The summed E-state index contributed by atoms with van der Waals surface area (Å²) in [4.78, 5) is 23.8. The molecule has 0 saturated carbocycles. The van der Waals surface area contributed by atoms with Crippen LogP contribution in [-0.2, 0) is 0 Å². The number of amides is 1. The van der Waals surface area contributed by atoms with Crippen molar-refractivity contribution in [2.24, 2.45) is 11.8 Å². The normalized spacial score (nSPS) is 19.4. The van der Waals surface area contributed by atoms with Crippen molar-refractivity contribution >= 4 is 17.5 Å². The zero-order valence-corrected chi connectivity index (χ0v) is 17.8. The molecular formula is C21H29N7O. The largest absolute Gasteiger partial charge is 0.356 e. The molecule has 154 valence electrons. The fraction of sp³-hybridized carbons (Fsp3) is 0.524. The number of carbonyl (C=O) groups is 1. The summed E-state index contributed by atoms with van der Waals surface area (Å²) in [7, 11) is 0. The van der Waals surface area contributed by atoms with Gasteiger partial charge in [0.05, 0.1) is 0 Å². The SMILES string of the molecule is Cc1nc2ncnn2c(N2C[C@@H](CNC(=O)c3cccn3C(C)C)[C@H](C)C2)c1C. The number of aromatic nitrogens is 5. The maximum Gasteiger partial charge on any atom is 0.267 e. The van der Waals surface area contributed by atoms with E-state index in [1.54, 1.807) is 6.33 Å². The van der Waals surface area contributed by atoms with E-state index in [-0.39, 0.29) is 11.9 Å². The van der Waals surface area contributed by atoms with Gasteiger partial charge in [0.25, 0.3) is 11.7 Å². The highest BCUT2D eigenvalue weighted by Crippen LogP contribution is 2.30. The fourth-order valence-corrected chi connectivity index (χ4v) is 4.21. The number of hydrogen-bond acceptors (Lipinski definition) is 5. The van der Waals surface area contributed by atoms with Gasteiger partial charge in [-0.3, -0.25) is 4.79 Å². The summed E-state index contributed by atoms with van der Waals surface area (Å²) >= 11 is 0. The highest BCUT2D eigenvalue weighted by atomic mass is 16.1. The molecule has 2 atom stereocenters. The molecule has 1 aliphatic heterocycles. The van der Waals surface area contributed by atoms with E-state index in [4.69, 9.17) is 0 Å². The lowest BCUT2D eigenvalue weighted by Gasteiger charge is -2.22. The Bertz CT molecular complexity index is 1040. The van der Waals surface area contributed by atoms with Crippen LogP contribution in [0, 0.1) is 25.7 Å². The summed E-state index contributed by atoms with van der Waals surface area (Å²) in [5.74, 6) is 2.50. The summed E-state index contributed by atoms with van der Waals surface area (Å²) in [5, 5.41) is 7.53. The molecule has 4 heterocycles. The van der Waals surface area contributed by atoms with Gasteiger partial charge in [0.1, 0.15) is 17.8 Å². The third-order valence-corrected chi connectivity index (χ3v) is 6.04. The number of fused-ring (bicyclic) bond motifs is 1. The van der Waals surface area contributed by atoms with Crippen molar-refractivity contribution in [2.75, 3.05) is 24.5 Å². The molecule has 3 aromatic heterocycles. The molecule has 0 bridgehead atoms. The second-order valence-corrected chi connectivity index (χ2v) is 8.36. The average Bonchev–Trinajstić information content (AvgIpc) is 3.40. The Morgan fingerprint density at radius 2 is 2.10 bits per heavy atom. The molecule has 0 spiro atoms. The highest BCUT2D eigenvalue weighted by molar-refractivity contribution is 5.92. The number of nitrogens with zero attached hydrogens (tertiary/aromatic N) is 6. The van der Waals surface area contributed by atoms with E-state index in [1.807, 2.05) is 34.3 Å². The molecule has 4 rings (SSSR count). The van der Waals surface area contributed by atoms with Gasteiger partial charge in [-0.2, -0.15) is 14.6 Å². The first-order valence-electron chi connectivity index (χ1n) is 10.2. The zero-order valence-electron chi connectivity index (χ0n) is 17.8. The molecule has 8 heteroatoms. The Morgan fingerprint density at radius 3 is 2.86 bits per heavy atom. The summed E-state index contributed by atoms with van der Waals surface area (Å²) in [6.45, 7) is 12.9.